The summed E-state index contributed by atoms with van der Waals surface area (Å²) in [6.45, 7) is 1.95. The van der Waals surface area contributed by atoms with Crippen LogP contribution in [0.25, 0.3) is 26.7 Å². The quantitative estimate of drug-likeness (QED) is 0.197. The van der Waals surface area contributed by atoms with Crippen molar-refractivity contribution in [1.29, 1.82) is 0 Å². The zero-order valence-corrected chi connectivity index (χ0v) is 20.3. The molecule has 0 aliphatic heterocycles. The summed E-state index contributed by atoms with van der Waals surface area (Å²) >= 11 is 2.87. The second kappa shape index (κ2) is 9.73. The van der Waals surface area contributed by atoms with E-state index in [-0.39, 0.29) is 23.1 Å². The van der Waals surface area contributed by atoms with Crippen LogP contribution in [0.1, 0.15) is 11.1 Å². The van der Waals surface area contributed by atoms with Gasteiger partial charge in [0.15, 0.2) is 4.34 Å². The van der Waals surface area contributed by atoms with Crippen LogP contribution < -0.4 is 11.0 Å². The van der Waals surface area contributed by atoms with Gasteiger partial charge in [-0.1, -0.05) is 59.8 Å². The molecule has 5 aromatic rings. The molecule has 0 aliphatic rings. The van der Waals surface area contributed by atoms with Crippen LogP contribution in [0.4, 0.5) is 0 Å². The third kappa shape index (κ3) is 4.68. The average Bonchev–Trinajstić information content (AvgIpc) is 3.29. The predicted octanol–water partition coefficient (Wildman–Crippen LogP) is 4.86. The minimum Gasteiger partial charge on any atom is -0.494 e. The van der Waals surface area contributed by atoms with E-state index in [4.69, 9.17) is 0 Å². The Morgan fingerprint density at radius 3 is 2.57 bits per heavy atom. The van der Waals surface area contributed by atoms with Gasteiger partial charge in [-0.15, -0.1) is 11.3 Å². The number of hydrogen-bond donors (Lipinski definition) is 2. The van der Waals surface area contributed by atoms with E-state index in [1.165, 1.54) is 33.9 Å². The number of thioether (sulfide) groups is 1. The lowest BCUT2D eigenvalue weighted by molar-refractivity contribution is -0.118. The normalized spacial score (nSPS) is 11.5. The van der Waals surface area contributed by atoms with Gasteiger partial charge in [-0.25, -0.2) is 15.0 Å². The number of fused-ring (bicyclic) bond motifs is 2. The smallest absolute Gasteiger partial charge is 0.265 e. The van der Waals surface area contributed by atoms with Crippen molar-refractivity contribution in [3.05, 3.63) is 94.3 Å². The Morgan fingerprint density at radius 2 is 1.80 bits per heavy atom. The minimum absolute atomic E-state index is 0.146. The van der Waals surface area contributed by atoms with Crippen molar-refractivity contribution in [3.63, 3.8) is 0 Å². The van der Waals surface area contributed by atoms with Crippen molar-refractivity contribution in [2.45, 2.75) is 11.3 Å². The van der Waals surface area contributed by atoms with Gasteiger partial charge in [0.25, 0.3) is 11.5 Å². The highest BCUT2D eigenvalue weighted by Crippen LogP contribution is 2.29. The lowest BCUT2D eigenvalue weighted by atomic mass is 10.1. The Kier molecular flexibility index (Phi) is 6.35. The molecule has 174 valence electrons. The van der Waals surface area contributed by atoms with Crippen molar-refractivity contribution in [3.8, 4) is 11.6 Å². The van der Waals surface area contributed by atoms with Crippen molar-refractivity contribution in [2.24, 2.45) is 5.10 Å². The van der Waals surface area contributed by atoms with Crippen LogP contribution in [0.3, 0.4) is 0 Å². The number of aromatic hydroxyl groups is 1. The Bertz CT molecular complexity index is 1610. The lowest BCUT2D eigenvalue weighted by Gasteiger charge is -2.13. The van der Waals surface area contributed by atoms with E-state index in [0.717, 1.165) is 20.1 Å². The molecule has 1 amide bonds. The number of carbonyl (C=O) groups excluding carboxylic acids is 1. The van der Waals surface area contributed by atoms with Gasteiger partial charge in [0, 0.05) is 10.8 Å². The Labute approximate surface area is 208 Å². The standard InChI is InChI=1S/C26H20N4O3S2/c1-16-10-12-17(13-11-16)30-24(32)19-7-3-2-6-18(19)20(25(30)33)14-27-29-23(31)15-34-26-28-21-8-4-5-9-22(21)35-26/h2-14,33H,15H2,1H3,(H,29,31)/b27-14+. The van der Waals surface area contributed by atoms with E-state index < -0.39 is 0 Å². The Hall–Kier alpha value is -3.95. The van der Waals surface area contributed by atoms with E-state index in [2.05, 4.69) is 15.5 Å². The fourth-order valence-electron chi connectivity index (χ4n) is 3.66. The van der Waals surface area contributed by atoms with Gasteiger partial charge < -0.3 is 5.11 Å². The zero-order chi connectivity index (χ0) is 24.4. The number of aromatic nitrogens is 2. The Balaban J connectivity index is 1.39. The van der Waals surface area contributed by atoms with E-state index >= 15 is 0 Å². The van der Waals surface area contributed by atoms with Gasteiger partial charge in [0.2, 0.25) is 5.88 Å². The summed E-state index contributed by atoms with van der Waals surface area (Å²) in [5.41, 5.74) is 4.97. The van der Waals surface area contributed by atoms with E-state index in [1.807, 2.05) is 43.3 Å². The fourth-order valence-corrected chi connectivity index (χ4v) is 5.52. The average molecular weight is 501 g/mol. The maximum Gasteiger partial charge on any atom is 0.265 e. The molecule has 2 N–H and O–H groups in total. The van der Waals surface area contributed by atoms with Crippen LogP contribution in [0.5, 0.6) is 5.88 Å². The number of hydrazone groups is 1. The largest absolute Gasteiger partial charge is 0.494 e. The number of pyridine rings is 1. The molecule has 35 heavy (non-hydrogen) atoms. The first kappa shape index (κ1) is 22.8. The third-order valence-corrected chi connectivity index (χ3v) is 7.56. The van der Waals surface area contributed by atoms with Crippen LogP contribution in [0.15, 0.2) is 87.0 Å². The van der Waals surface area contributed by atoms with E-state index in [1.54, 1.807) is 36.4 Å². The number of thiazole rings is 1. The predicted molar refractivity (Wildman–Crippen MR) is 142 cm³/mol. The lowest BCUT2D eigenvalue weighted by Crippen LogP contribution is -2.21. The Morgan fingerprint density at radius 1 is 1.09 bits per heavy atom. The van der Waals surface area contributed by atoms with Crippen LogP contribution in [0.2, 0.25) is 0 Å². The molecule has 0 radical (unpaired) electrons. The molecule has 9 heteroatoms. The molecule has 0 atom stereocenters. The number of benzene rings is 3. The molecule has 0 saturated heterocycles. The molecule has 0 fully saturated rings. The highest BCUT2D eigenvalue weighted by Gasteiger charge is 2.16. The zero-order valence-electron chi connectivity index (χ0n) is 18.6. The summed E-state index contributed by atoms with van der Waals surface area (Å²) in [6, 6.07) is 22.1. The number of carbonyl (C=O) groups is 1. The molecule has 2 heterocycles. The summed E-state index contributed by atoms with van der Waals surface area (Å²) in [4.78, 5) is 30.0. The third-order valence-electron chi connectivity index (χ3n) is 5.38. The molecule has 0 bridgehead atoms. The van der Waals surface area contributed by atoms with Crippen molar-refractivity contribution in [2.75, 3.05) is 5.75 Å². The first-order valence-corrected chi connectivity index (χ1v) is 12.6. The number of amides is 1. The molecule has 0 saturated carbocycles. The molecule has 3 aromatic carbocycles. The van der Waals surface area contributed by atoms with Crippen LogP contribution in [-0.4, -0.2) is 32.5 Å². The van der Waals surface area contributed by atoms with Crippen molar-refractivity contribution < 1.29 is 9.90 Å². The summed E-state index contributed by atoms with van der Waals surface area (Å²) in [7, 11) is 0. The number of para-hydroxylation sites is 1. The van der Waals surface area contributed by atoms with E-state index in [9.17, 15) is 14.7 Å². The summed E-state index contributed by atoms with van der Waals surface area (Å²) in [5.74, 6) is -0.409. The van der Waals surface area contributed by atoms with Crippen LogP contribution >= 0.6 is 23.1 Å². The number of aryl methyl sites for hydroxylation is 1. The van der Waals surface area contributed by atoms with Gasteiger partial charge in [-0.3, -0.25) is 9.59 Å². The van der Waals surface area contributed by atoms with Crippen molar-refractivity contribution >= 4 is 56.2 Å². The molecule has 0 aliphatic carbocycles. The van der Waals surface area contributed by atoms with Crippen LogP contribution in [0, 0.1) is 6.92 Å². The molecule has 7 nitrogen and oxygen atoms in total. The number of nitrogens with zero attached hydrogens (tertiary/aromatic N) is 3. The maximum atomic E-state index is 13.1. The van der Waals surface area contributed by atoms with Gasteiger partial charge >= 0.3 is 0 Å². The number of rotatable bonds is 6. The van der Waals surface area contributed by atoms with Gasteiger partial charge in [-0.05, 0) is 37.3 Å². The second-order valence-corrected chi connectivity index (χ2v) is 10.0. The van der Waals surface area contributed by atoms with Gasteiger partial charge in [0.05, 0.1) is 33.4 Å². The summed E-state index contributed by atoms with van der Waals surface area (Å²) in [5, 5.41) is 16.1. The maximum absolute atomic E-state index is 13.1. The van der Waals surface area contributed by atoms with Crippen LogP contribution in [-0.2, 0) is 4.79 Å². The summed E-state index contributed by atoms with van der Waals surface area (Å²) in [6.07, 6.45) is 1.36. The first-order valence-electron chi connectivity index (χ1n) is 10.8. The molecular weight excluding hydrogens is 480 g/mol. The monoisotopic (exact) mass is 500 g/mol. The SMILES string of the molecule is Cc1ccc(-n2c(O)c(/C=N/NC(=O)CSc3nc4ccccc4s3)c3ccccc3c2=O)cc1. The molecule has 2 aromatic heterocycles. The minimum atomic E-state index is -0.338. The van der Waals surface area contributed by atoms with Crippen molar-refractivity contribution in [1.82, 2.24) is 15.0 Å². The van der Waals surface area contributed by atoms with Gasteiger partial charge in [-0.2, -0.15) is 5.10 Å². The number of nitrogens with one attached hydrogen (secondary N) is 1. The summed E-state index contributed by atoms with van der Waals surface area (Å²) < 4.78 is 3.12. The van der Waals surface area contributed by atoms with Gasteiger partial charge in [0.1, 0.15) is 0 Å². The molecule has 5 rings (SSSR count). The highest BCUT2D eigenvalue weighted by molar-refractivity contribution is 8.01. The topological polar surface area (TPSA) is 96.6 Å². The molecule has 0 spiro atoms. The second-order valence-electron chi connectivity index (χ2n) is 7.79. The molecule has 0 unspecified atom stereocenters. The number of hydrogen-bond acceptors (Lipinski definition) is 7. The fraction of sp³-hybridized carbons (Fsp3) is 0.0769. The van der Waals surface area contributed by atoms with E-state index in [0.29, 0.717) is 22.0 Å². The first-order chi connectivity index (χ1) is 17.0. The molecular formula is C26H20N4O3S2. The highest BCUT2D eigenvalue weighted by atomic mass is 32.2.